The average Bonchev–Trinajstić information content (AvgIpc) is 2.30. The molecule has 0 aromatic heterocycles. The molecule has 0 spiro atoms. The summed E-state index contributed by atoms with van der Waals surface area (Å²) in [6.07, 6.45) is 0. The van der Waals surface area contributed by atoms with Gasteiger partial charge in [-0.15, -0.1) is 11.8 Å². The Kier molecular flexibility index (Phi) is 5.41. The average molecular weight is 260 g/mol. The van der Waals surface area contributed by atoms with Gasteiger partial charge in [0.1, 0.15) is 11.6 Å². The van der Waals surface area contributed by atoms with Crippen LogP contribution in [0.5, 0.6) is 0 Å². The highest BCUT2D eigenvalue weighted by atomic mass is 32.2. The summed E-state index contributed by atoms with van der Waals surface area (Å²) in [5.41, 5.74) is 0. The largest absolute Gasteiger partial charge is 0.466 e. The predicted octanol–water partition coefficient (Wildman–Crippen LogP) is 3.26. The smallest absolute Gasteiger partial charge is 0.309 e. The minimum atomic E-state index is -0.488. The van der Waals surface area contributed by atoms with Crippen molar-refractivity contribution >= 4 is 17.7 Å². The maximum absolute atomic E-state index is 13.3. The van der Waals surface area contributed by atoms with Gasteiger partial charge in [-0.05, 0) is 25.1 Å². The molecule has 0 aliphatic heterocycles. The zero-order chi connectivity index (χ0) is 12.8. The number of ether oxygens (including phenoxy) is 1. The third kappa shape index (κ3) is 4.34. The zero-order valence-corrected chi connectivity index (χ0v) is 10.5. The van der Waals surface area contributed by atoms with Crippen molar-refractivity contribution in [3.05, 3.63) is 29.8 Å². The van der Waals surface area contributed by atoms with Crippen LogP contribution in [0.15, 0.2) is 23.1 Å². The van der Waals surface area contributed by atoms with Gasteiger partial charge in [0.15, 0.2) is 0 Å². The molecule has 0 saturated heterocycles. The Morgan fingerprint density at radius 1 is 1.47 bits per heavy atom. The van der Waals surface area contributed by atoms with E-state index in [1.54, 1.807) is 13.8 Å². The Labute approximate surface area is 103 Å². The number of esters is 1. The Morgan fingerprint density at radius 2 is 2.18 bits per heavy atom. The minimum absolute atomic E-state index is 0.209. The second kappa shape index (κ2) is 6.59. The highest BCUT2D eigenvalue weighted by molar-refractivity contribution is 7.99. The quantitative estimate of drug-likeness (QED) is 0.600. The number of carbonyl (C=O) groups is 1. The fourth-order valence-electron chi connectivity index (χ4n) is 1.16. The molecule has 0 N–H and O–H groups in total. The third-order valence-electron chi connectivity index (χ3n) is 2.07. The number of halogens is 2. The highest BCUT2D eigenvalue weighted by Gasteiger charge is 2.15. The van der Waals surface area contributed by atoms with Crippen molar-refractivity contribution in [2.45, 2.75) is 18.7 Å². The number of thioether (sulfide) groups is 1. The first-order valence-corrected chi connectivity index (χ1v) is 6.27. The van der Waals surface area contributed by atoms with Crippen molar-refractivity contribution in [1.82, 2.24) is 0 Å². The lowest BCUT2D eigenvalue weighted by Crippen LogP contribution is -2.16. The molecule has 0 bridgehead atoms. The minimum Gasteiger partial charge on any atom is -0.466 e. The number of benzene rings is 1. The molecule has 0 amide bonds. The van der Waals surface area contributed by atoms with E-state index in [4.69, 9.17) is 4.74 Å². The Morgan fingerprint density at radius 3 is 2.82 bits per heavy atom. The van der Waals surface area contributed by atoms with E-state index in [1.807, 2.05) is 0 Å². The van der Waals surface area contributed by atoms with E-state index < -0.39 is 11.6 Å². The van der Waals surface area contributed by atoms with Crippen LogP contribution in [0.25, 0.3) is 0 Å². The molecule has 1 atom stereocenters. The maximum Gasteiger partial charge on any atom is 0.309 e. The predicted molar refractivity (Wildman–Crippen MR) is 62.9 cm³/mol. The van der Waals surface area contributed by atoms with E-state index in [2.05, 4.69) is 0 Å². The van der Waals surface area contributed by atoms with Gasteiger partial charge in [-0.2, -0.15) is 0 Å². The molecule has 0 heterocycles. The second-order valence-corrected chi connectivity index (χ2v) is 4.60. The summed E-state index contributed by atoms with van der Waals surface area (Å²) >= 11 is 1.11. The maximum atomic E-state index is 13.3. The van der Waals surface area contributed by atoms with Crippen molar-refractivity contribution in [2.24, 2.45) is 5.92 Å². The molecule has 1 aromatic carbocycles. The van der Waals surface area contributed by atoms with Crippen molar-refractivity contribution in [3.63, 3.8) is 0 Å². The summed E-state index contributed by atoms with van der Waals surface area (Å²) in [5, 5.41) is 0. The van der Waals surface area contributed by atoms with Crippen LogP contribution in [0.1, 0.15) is 13.8 Å². The van der Waals surface area contributed by atoms with E-state index in [-0.39, 0.29) is 16.8 Å². The first kappa shape index (κ1) is 14.0. The van der Waals surface area contributed by atoms with Gasteiger partial charge >= 0.3 is 5.97 Å². The number of hydrogen-bond acceptors (Lipinski definition) is 3. The van der Waals surface area contributed by atoms with Crippen LogP contribution in [0.2, 0.25) is 0 Å². The van der Waals surface area contributed by atoms with Gasteiger partial charge in [0.2, 0.25) is 0 Å². The summed E-state index contributed by atoms with van der Waals surface area (Å²) in [5.74, 6) is -1.27. The Hall–Kier alpha value is -1.10. The molecule has 1 unspecified atom stereocenters. The lowest BCUT2D eigenvalue weighted by atomic mass is 10.2. The molecule has 0 aliphatic carbocycles. The summed E-state index contributed by atoms with van der Waals surface area (Å²) in [6.45, 7) is 3.74. The van der Waals surface area contributed by atoms with Crippen LogP contribution in [0, 0.1) is 17.6 Å². The highest BCUT2D eigenvalue weighted by Crippen LogP contribution is 2.25. The molecule has 0 fully saturated rings. The molecule has 0 saturated carbocycles. The first-order valence-electron chi connectivity index (χ1n) is 5.29. The van der Waals surface area contributed by atoms with Crippen LogP contribution in [0.3, 0.4) is 0 Å². The van der Waals surface area contributed by atoms with E-state index in [0.29, 0.717) is 12.4 Å². The fourth-order valence-corrected chi connectivity index (χ4v) is 2.12. The van der Waals surface area contributed by atoms with Gasteiger partial charge in [0.25, 0.3) is 0 Å². The summed E-state index contributed by atoms with van der Waals surface area (Å²) in [6, 6.07) is 3.26. The van der Waals surface area contributed by atoms with Crippen molar-refractivity contribution in [2.75, 3.05) is 12.4 Å². The van der Waals surface area contributed by atoms with Crippen molar-refractivity contribution in [1.29, 1.82) is 0 Å². The summed E-state index contributed by atoms with van der Waals surface area (Å²) in [4.78, 5) is 11.5. The zero-order valence-electron chi connectivity index (χ0n) is 9.70. The first-order chi connectivity index (χ1) is 8.04. The van der Waals surface area contributed by atoms with E-state index in [1.165, 1.54) is 0 Å². The van der Waals surface area contributed by atoms with E-state index in [0.717, 1.165) is 30.0 Å². The van der Waals surface area contributed by atoms with Crippen molar-refractivity contribution < 1.29 is 18.3 Å². The van der Waals surface area contributed by atoms with Gasteiger partial charge < -0.3 is 4.74 Å². The number of carbonyl (C=O) groups excluding carboxylic acids is 1. The Balaban J connectivity index is 2.55. The fraction of sp³-hybridized carbons (Fsp3) is 0.417. The third-order valence-corrected chi connectivity index (χ3v) is 3.36. The van der Waals surface area contributed by atoms with Gasteiger partial charge in [0.05, 0.1) is 12.5 Å². The molecule has 1 aromatic rings. The van der Waals surface area contributed by atoms with Crippen LogP contribution < -0.4 is 0 Å². The van der Waals surface area contributed by atoms with Crippen LogP contribution in [-0.4, -0.2) is 18.3 Å². The SMILES string of the molecule is CCOC(=O)C(C)CSc1cc(F)ccc1F. The lowest BCUT2D eigenvalue weighted by Gasteiger charge is -2.10. The van der Waals surface area contributed by atoms with Gasteiger partial charge in [0, 0.05) is 10.6 Å². The summed E-state index contributed by atoms with van der Waals surface area (Å²) in [7, 11) is 0. The molecule has 1 rings (SSSR count). The molecule has 94 valence electrons. The van der Waals surface area contributed by atoms with Gasteiger partial charge in [-0.1, -0.05) is 6.92 Å². The number of hydrogen-bond donors (Lipinski definition) is 0. The second-order valence-electron chi connectivity index (χ2n) is 3.54. The molecular formula is C12H14F2O2S. The van der Waals surface area contributed by atoms with Gasteiger partial charge in [-0.3, -0.25) is 4.79 Å². The molecule has 17 heavy (non-hydrogen) atoms. The van der Waals surface area contributed by atoms with E-state index in [9.17, 15) is 13.6 Å². The van der Waals surface area contributed by atoms with Crippen molar-refractivity contribution in [3.8, 4) is 0 Å². The van der Waals surface area contributed by atoms with Crippen LogP contribution >= 0.6 is 11.8 Å². The number of rotatable bonds is 5. The lowest BCUT2D eigenvalue weighted by molar-refractivity contribution is -0.146. The normalized spacial score (nSPS) is 12.2. The monoisotopic (exact) mass is 260 g/mol. The topological polar surface area (TPSA) is 26.3 Å². The molecular weight excluding hydrogens is 246 g/mol. The summed E-state index contributed by atoms with van der Waals surface area (Å²) < 4.78 is 31.0. The Bertz CT molecular complexity index is 396. The molecule has 0 aliphatic rings. The molecule has 0 radical (unpaired) electrons. The molecule has 5 heteroatoms. The molecule has 2 nitrogen and oxygen atoms in total. The standard InChI is InChI=1S/C12H14F2O2S/c1-3-16-12(15)8(2)7-17-11-6-9(13)4-5-10(11)14/h4-6,8H,3,7H2,1-2H3. The van der Waals surface area contributed by atoms with Crippen LogP contribution in [0.4, 0.5) is 8.78 Å². The van der Waals surface area contributed by atoms with Gasteiger partial charge in [-0.25, -0.2) is 8.78 Å². The van der Waals surface area contributed by atoms with Crippen LogP contribution in [-0.2, 0) is 9.53 Å². The van der Waals surface area contributed by atoms with E-state index >= 15 is 0 Å².